The molecule has 1 saturated carbocycles. The van der Waals surface area contributed by atoms with E-state index in [9.17, 15) is 8.42 Å². The van der Waals surface area contributed by atoms with E-state index in [4.69, 9.17) is 4.98 Å². The lowest BCUT2D eigenvalue weighted by molar-refractivity contribution is 0.187. The number of rotatable bonds is 5. The van der Waals surface area contributed by atoms with Gasteiger partial charge in [-0.25, -0.2) is 13.4 Å². The van der Waals surface area contributed by atoms with E-state index < -0.39 is 10.0 Å². The molecule has 0 amide bonds. The van der Waals surface area contributed by atoms with Gasteiger partial charge >= 0.3 is 0 Å². The summed E-state index contributed by atoms with van der Waals surface area (Å²) >= 11 is 0. The van der Waals surface area contributed by atoms with Crippen molar-refractivity contribution in [2.24, 2.45) is 0 Å². The summed E-state index contributed by atoms with van der Waals surface area (Å²) in [5.74, 6) is 1.03. The maximum atomic E-state index is 13.0. The van der Waals surface area contributed by atoms with Crippen LogP contribution in [-0.4, -0.2) is 93.0 Å². The van der Waals surface area contributed by atoms with Gasteiger partial charge in [-0.1, -0.05) is 25.0 Å². The lowest BCUT2D eigenvalue weighted by Crippen LogP contribution is -2.49. The SMILES string of the molecule is CN1CCN(S(=O)(=O)c2ccc(-c3ccc(N4CCN(C5CCCC5)CC4)nc3)cc2)CC1. The first-order chi connectivity index (χ1) is 16.0. The number of hydrogen-bond acceptors (Lipinski definition) is 6. The first-order valence-electron chi connectivity index (χ1n) is 12.2. The zero-order chi connectivity index (χ0) is 22.8. The van der Waals surface area contributed by atoms with Crippen LogP contribution < -0.4 is 4.90 Å². The first-order valence-corrected chi connectivity index (χ1v) is 13.7. The summed E-state index contributed by atoms with van der Waals surface area (Å²) in [4.78, 5) is 12.3. The second-order valence-corrected chi connectivity index (χ2v) is 11.5. The van der Waals surface area contributed by atoms with Crippen LogP contribution in [0.25, 0.3) is 11.1 Å². The molecule has 0 bridgehead atoms. The predicted molar refractivity (Wildman–Crippen MR) is 132 cm³/mol. The van der Waals surface area contributed by atoms with Crippen molar-refractivity contribution in [3.8, 4) is 11.1 Å². The average Bonchev–Trinajstić information content (AvgIpc) is 3.40. The van der Waals surface area contributed by atoms with Crippen molar-refractivity contribution >= 4 is 15.8 Å². The molecular weight excluding hydrogens is 434 g/mol. The molecule has 33 heavy (non-hydrogen) atoms. The largest absolute Gasteiger partial charge is 0.354 e. The van der Waals surface area contributed by atoms with Gasteiger partial charge in [0, 0.05) is 70.2 Å². The van der Waals surface area contributed by atoms with E-state index in [1.807, 2.05) is 25.4 Å². The molecule has 2 aliphatic heterocycles. The molecule has 178 valence electrons. The van der Waals surface area contributed by atoms with Crippen molar-refractivity contribution < 1.29 is 8.42 Å². The summed E-state index contributed by atoms with van der Waals surface area (Å²) in [7, 11) is -1.41. The van der Waals surface area contributed by atoms with Crippen LogP contribution in [0, 0.1) is 0 Å². The number of likely N-dealkylation sites (N-methyl/N-ethyl adjacent to an activating group) is 1. The highest BCUT2D eigenvalue weighted by Crippen LogP contribution is 2.27. The number of nitrogens with zero attached hydrogens (tertiary/aromatic N) is 5. The molecule has 0 atom stereocenters. The number of benzene rings is 1. The lowest BCUT2D eigenvalue weighted by atomic mass is 10.1. The van der Waals surface area contributed by atoms with Gasteiger partial charge in [-0.2, -0.15) is 4.31 Å². The third-order valence-electron chi connectivity index (χ3n) is 7.51. The molecule has 1 aliphatic carbocycles. The van der Waals surface area contributed by atoms with Crippen LogP contribution >= 0.6 is 0 Å². The molecule has 0 radical (unpaired) electrons. The minimum Gasteiger partial charge on any atom is -0.354 e. The molecule has 1 aromatic carbocycles. The van der Waals surface area contributed by atoms with Crippen molar-refractivity contribution in [2.75, 3.05) is 64.3 Å². The highest BCUT2D eigenvalue weighted by molar-refractivity contribution is 7.89. The Labute approximate surface area is 198 Å². The van der Waals surface area contributed by atoms with Gasteiger partial charge < -0.3 is 9.80 Å². The maximum absolute atomic E-state index is 13.0. The molecule has 8 heteroatoms. The summed E-state index contributed by atoms with van der Waals surface area (Å²) in [5.41, 5.74) is 1.99. The fourth-order valence-corrected chi connectivity index (χ4v) is 6.75. The molecule has 0 spiro atoms. The standard InChI is InChI=1S/C25H35N5O2S/c1-27-12-18-30(19-13-27)33(31,32)24-9-6-21(7-10-24)22-8-11-25(26-20-22)29-16-14-28(15-17-29)23-4-2-3-5-23/h6-11,20,23H,2-5,12-19H2,1H3. The highest BCUT2D eigenvalue weighted by atomic mass is 32.2. The normalized spacial score (nSPS) is 22.2. The third kappa shape index (κ3) is 4.94. The van der Waals surface area contributed by atoms with Crippen LogP contribution in [0.5, 0.6) is 0 Å². The Morgan fingerprint density at radius 1 is 0.788 bits per heavy atom. The van der Waals surface area contributed by atoms with Crippen molar-refractivity contribution in [1.82, 2.24) is 19.1 Å². The molecule has 3 aliphatic rings. The van der Waals surface area contributed by atoms with Crippen LogP contribution in [-0.2, 0) is 10.0 Å². The Hall–Kier alpha value is -2.00. The second kappa shape index (κ2) is 9.70. The Morgan fingerprint density at radius 2 is 1.42 bits per heavy atom. The van der Waals surface area contributed by atoms with E-state index in [0.29, 0.717) is 18.0 Å². The molecule has 1 aromatic heterocycles. The van der Waals surface area contributed by atoms with Gasteiger partial charge in [0.2, 0.25) is 10.0 Å². The number of anilines is 1. The highest BCUT2D eigenvalue weighted by Gasteiger charge is 2.28. The Morgan fingerprint density at radius 3 is 2.03 bits per heavy atom. The summed E-state index contributed by atoms with van der Waals surface area (Å²) < 4.78 is 27.5. The van der Waals surface area contributed by atoms with Crippen molar-refractivity contribution in [3.63, 3.8) is 0 Å². The molecule has 0 unspecified atom stereocenters. The second-order valence-electron chi connectivity index (χ2n) is 9.60. The van der Waals surface area contributed by atoms with Gasteiger partial charge in [0.15, 0.2) is 0 Å². The van der Waals surface area contributed by atoms with Gasteiger partial charge in [-0.3, -0.25) is 4.90 Å². The maximum Gasteiger partial charge on any atom is 0.243 e. The predicted octanol–water partition coefficient (Wildman–Crippen LogP) is 2.75. The van der Waals surface area contributed by atoms with Crippen LogP contribution in [0.3, 0.4) is 0 Å². The number of pyridine rings is 1. The molecule has 0 N–H and O–H groups in total. The monoisotopic (exact) mass is 469 g/mol. The summed E-state index contributed by atoms with van der Waals surface area (Å²) in [5, 5.41) is 0. The van der Waals surface area contributed by atoms with Crippen molar-refractivity contribution in [1.29, 1.82) is 0 Å². The van der Waals surface area contributed by atoms with Crippen LogP contribution in [0.2, 0.25) is 0 Å². The van der Waals surface area contributed by atoms with Crippen LogP contribution in [0.4, 0.5) is 5.82 Å². The smallest absolute Gasteiger partial charge is 0.243 e. The summed E-state index contributed by atoms with van der Waals surface area (Å²) in [6.07, 6.45) is 7.40. The van der Waals surface area contributed by atoms with E-state index >= 15 is 0 Å². The van der Waals surface area contributed by atoms with E-state index in [1.165, 1.54) is 25.7 Å². The van der Waals surface area contributed by atoms with Crippen molar-refractivity contribution in [3.05, 3.63) is 42.6 Å². The topological polar surface area (TPSA) is 60.0 Å². The van der Waals surface area contributed by atoms with Gasteiger partial charge in [0.25, 0.3) is 0 Å². The molecule has 3 heterocycles. The minimum atomic E-state index is -3.44. The van der Waals surface area contributed by atoms with E-state index in [1.54, 1.807) is 16.4 Å². The van der Waals surface area contributed by atoms with E-state index in [-0.39, 0.29) is 0 Å². The molecule has 7 nitrogen and oxygen atoms in total. The molecule has 3 fully saturated rings. The number of hydrogen-bond donors (Lipinski definition) is 0. The molecule has 5 rings (SSSR count). The molecule has 2 saturated heterocycles. The van der Waals surface area contributed by atoms with Crippen molar-refractivity contribution in [2.45, 2.75) is 36.6 Å². The zero-order valence-corrected chi connectivity index (χ0v) is 20.4. The van der Waals surface area contributed by atoms with Crippen LogP contribution in [0.15, 0.2) is 47.5 Å². The van der Waals surface area contributed by atoms with E-state index in [0.717, 1.165) is 62.3 Å². The fourth-order valence-electron chi connectivity index (χ4n) is 5.33. The number of aromatic nitrogens is 1. The van der Waals surface area contributed by atoms with E-state index in [2.05, 4.69) is 26.8 Å². The van der Waals surface area contributed by atoms with Gasteiger partial charge in [-0.15, -0.1) is 0 Å². The third-order valence-corrected chi connectivity index (χ3v) is 9.43. The number of sulfonamides is 1. The quantitative estimate of drug-likeness (QED) is 0.671. The van der Waals surface area contributed by atoms with Gasteiger partial charge in [-0.05, 0) is 49.7 Å². The van der Waals surface area contributed by atoms with Crippen LogP contribution in [0.1, 0.15) is 25.7 Å². The van der Waals surface area contributed by atoms with Gasteiger partial charge in [0.1, 0.15) is 5.82 Å². The summed E-state index contributed by atoms with van der Waals surface area (Å²) in [6, 6.07) is 12.2. The average molecular weight is 470 g/mol. The summed E-state index contributed by atoms with van der Waals surface area (Å²) in [6.45, 7) is 6.93. The first kappa shape index (κ1) is 22.8. The molecule has 2 aromatic rings. The lowest BCUT2D eigenvalue weighted by Gasteiger charge is -2.38. The fraction of sp³-hybridized carbons (Fsp3) is 0.560. The Balaban J connectivity index is 1.21. The number of piperazine rings is 2. The van der Waals surface area contributed by atoms with Gasteiger partial charge in [0.05, 0.1) is 4.90 Å². The Bertz CT molecular complexity index is 1020. The Kier molecular flexibility index (Phi) is 6.69. The minimum absolute atomic E-state index is 0.362. The molecular formula is C25H35N5O2S. The zero-order valence-electron chi connectivity index (χ0n) is 19.6.